The van der Waals surface area contributed by atoms with E-state index in [0.717, 1.165) is 25.9 Å². The van der Waals surface area contributed by atoms with Crippen molar-refractivity contribution in [3.63, 3.8) is 0 Å². The lowest BCUT2D eigenvalue weighted by Crippen LogP contribution is -2.33. The summed E-state index contributed by atoms with van der Waals surface area (Å²) in [5.74, 6) is 0.120. The Morgan fingerprint density at radius 1 is 1.32 bits per heavy atom. The number of nitrogens with zero attached hydrogens (tertiary/aromatic N) is 3. The van der Waals surface area contributed by atoms with Gasteiger partial charge in [0.05, 0.1) is 25.0 Å². The third-order valence-electron chi connectivity index (χ3n) is 4.00. The molecule has 122 valence electrons. The van der Waals surface area contributed by atoms with Crippen LogP contribution in [0.4, 0.5) is 0 Å². The van der Waals surface area contributed by atoms with Gasteiger partial charge in [-0.1, -0.05) is 0 Å². The number of likely N-dealkylation sites (tertiary alicyclic amines) is 1. The van der Waals surface area contributed by atoms with Crippen molar-refractivity contribution in [2.24, 2.45) is 0 Å². The van der Waals surface area contributed by atoms with Crippen molar-refractivity contribution >= 4 is 15.9 Å². The Labute approximate surface area is 129 Å². The standard InChI is InChI=1S/C13H20N4O4S/c1-22(19,20)17-8-10-11(9-17)21-13(15-10)12(18)14-4-7-16-5-2-3-6-16/h2-9H2,1H3,(H,14,18). The molecule has 1 fully saturated rings. The lowest BCUT2D eigenvalue weighted by molar-refractivity contribution is 0.0912. The molecule has 2 aliphatic heterocycles. The second-order valence-corrected chi connectivity index (χ2v) is 7.71. The van der Waals surface area contributed by atoms with Crippen LogP contribution in [0.2, 0.25) is 0 Å². The summed E-state index contributed by atoms with van der Waals surface area (Å²) in [5.41, 5.74) is 0.523. The topological polar surface area (TPSA) is 95.8 Å². The monoisotopic (exact) mass is 328 g/mol. The van der Waals surface area contributed by atoms with Crippen molar-refractivity contribution < 1.29 is 17.6 Å². The van der Waals surface area contributed by atoms with E-state index in [-0.39, 0.29) is 24.9 Å². The first-order valence-corrected chi connectivity index (χ1v) is 9.22. The zero-order valence-electron chi connectivity index (χ0n) is 12.5. The molecule has 1 N–H and O–H groups in total. The molecule has 0 aromatic carbocycles. The van der Waals surface area contributed by atoms with Gasteiger partial charge in [-0.3, -0.25) is 4.79 Å². The second kappa shape index (κ2) is 5.98. The van der Waals surface area contributed by atoms with E-state index in [0.29, 0.717) is 18.0 Å². The number of nitrogens with one attached hydrogen (secondary N) is 1. The Morgan fingerprint density at radius 3 is 2.68 bits per heavy atom. The molecule has 1 aromatic rings. The maximum Gasteiger partial charge on any atom is 0.307 e. The molecule has 0 radical (unpaired) electrons. The first kappa shape index (κ1) is 15.4. The van der Waals surface area contributed by atoms with Crippen molar-refractivity contribution in [2.75, 3.05) is 32.4 Å². The van der Waals surface area contributed by atoms with Crippen LogP contribution >= 0.6 is 0 Å². The van der Waals surface area contributed by atoms with Crippen molar-refractivity contribution in [1.82, 2.24) is 19.5 Å². The highest BCUT2D eigenvalue weighted by atomic mass is 32.2. The largest absolute Gasteiger partial charge is 0.436 e. The van der Waals surface area contributed by atoms with E-state index < -0.39 is 10.0 Å². The zero-order chi connectivity index (χ0) is 15.7. The minimum absolute atomic E-state index is 0.0135. The molecular formula is C13H20N4O4S. The normalized spacial score (nSPS) is 19.5. The maximum atomic E-state index is 12.0. The Bertz CT molecular complexity index is 640. The molecule has 1 aromatic heterocycles. The summed E-state index contributed by atoms with van der Waals surface area (Å²) in [7, 11) is -3.27. The summed E-state index contributed by atoms with van der Waals surface area (Å²) < 4.78 is 29.6. The van der Waals surface area contributed by atoms with Crippen LogP contribution in [0.1, 0.15) is 35.0 Å². The number of oxazole rings is 1. The zero-order valence-corrected chi connectivity index (χ0v) is 13.4. The SMILES string of the molecule is CS(=O)(=O)N1Cc2nc(C(=O)NCCN3CCCC3)oc2C1. The van der Waals surface area contributed by atoms with E-state index in [1.807, 2.05) is 0 Å². The highest BCUT2D eigenvalue weighted by molar-refractivity contribution is 7.88. The van der Waals surface area contributed by atoms with E-state index in [9.17, 15) is 13.2 Å². The quantitative estimate of drug-likeness (QED) is 0.802. The minimum atomic E-state index is -3.27. The first-order chi connectivity index (χ1) is 10.4. The molecule has 0 saturated carbocycles. The molecule has 0 atom stereocenters. The number of carbonyl (C=O) groups is 1. The van der Waals surface area contributed by atoms with Gasteiger partial charge < -0.3 is 14.6 Å². The predicted octanol–water partition coefficient (Wildman–Crippen LogP) is -0.225. The van der Waals surface area contributed by atoms with E-state index in [4.69, 9.17) is 4.42 Å². The summed E-state index contributed by atoms with van der Waals surface area (Å²) in [6.07, 6.45) is 3.58. The number of aromatic nitrogens is 1. The maximum absolute atomic E-state index is 12.0. The molecule has 9 heteroatoms. The third kappa shape index (κ3) is 3.31. The van der Waals surface area contributed by atoms with Gasteiger partial charge in [-0.05, 0) is 25.9 Å². The van der Waals surface area contributed by atoms with Gasteiger partial charge in [0.1, 0.15) is 5.76 Å². The Morgan fingerprint density at radius 2 is 2.05 bits per heavy atom. The van der Waals surface area contributed by atoms with Crippen LogP contribution in [0.15, 0.2) is 4.42 Å². The van der Waals surface area contributed by atoms with Crippen LogP contribution in [-0.2, 0) is 23.1 Å². The van der Waals surface area contributed by atoms with Crippen molar-refractivity contribution in [3.05, 3.63) is 17.3 Å². The molecule has 2 aliphatic rings. The van der Waals surface area contributed by atoms with Crippen LogP contribution in [0.3, 0.4) is 0 Å². The molecule has 3 rings (SSSR count). The summed E-state index contributed by atoms with van der Waals surface area (Å²) in [6.45, 7) is 3.87. The van der Waals surface area contributed by atoms with Gasteiger partial charge in [-0.15, -0.1) is 0 Å². The number of sulfonamides is 1. The number of amides is 1. The average Bonchev–Trinajstić information content (AvgIpc) is 3.12. The highest BCUT2D eigenvalue weighted by Gasteiger charge is 2.32. The minimum Gasteiger partial charge on any atom is -0.436 e. The van der Waals surface area contributed by atoms with Gasteiger partial charge in [-0.2, -0.15) is 4.31 Å². The first-order valence-electron chi connectivity index (χ1n) is 7.38. The molecular weight excluding hydrogens is 308 g/mol. The Hall–Kier alpha value is -1.45. The molecule has 0 bridgehead atoms. The molecule has 8 nitrogen and oxygen atoms in total. The highest BCUT2D eigenvalue weighted by Crippen LogP contribution is 2.25. The third-order valence-corrected chi connectivity index (χ3v) is 5.20. The van der Waals surface area contributed by atoms with E-state index >= 15 is 0 Å². The van der Waals surface area contributed by atoms with Crippen LogP contribution in [0.25, 0.3) is 0 Å². The van der Waals surface area contributed by atoms with Crippen molar-refractivity contribution in [2.45, 2.75) is 25.9 Å². The van der Waals surface area contributed by atoms with Gasteiger partial charge in [-0.25, -0.2) is 13.4 Å². The molecule has 1 amide bonds. The summed E-state index contributed by atoms with van der Waals surface area (Å²) in [5, 5.41) is 2.79. The van der Waals surface area contributed by atoms with Gasteiger partial charge >= 0.3 is 5.91 Å². The van der Waals surface area contributed by atoms with Crippen LogP contribution in [0.5, 0.6) is 0 Å². The van der Waals surface area contributed by atoms with Crippen LogP contribution in [-0.4, -0.2) is 60.9 Å². The Kier molecular flexibility index (Phi) is 4.20. The van der Waals surface area contributed by atoms with Gasteiger partial charge in [0.15, 0.2) is 0 Å². The van der Waals surface area contributed by atoms with Gasteiger partial charge in [0, 0.05) is 13.1 Å². The summed E-state index contributed by atoms with van der Waals surface area (Å²) >= 11 is 0. The fraction of sp³-hybridized carbons (Fsp3) is 0.692. The number of fused-ring (bicyclic) bond motifs is 1. The van der Waals surface area contributed by atoms with E-state index in [1.54, 1.807) is 0 Å². The van der Waals surface area contributed by atoms with Gasteiger partial charge in [0.25, 0.3) is 5.89 Å². The lowest BCUT2D eigenvalue weighted by Gasteiger charge is -2.14. The smallest absolute Gasteiger partial charge is 0.307 e. The lowest BCUT2D eigenvalue weighted by atomic mass is 10.4. The van der Waals surface area contributed by atoms with Crippen LogP contribution in [0, 0.1) is 0 Å². The number of rotatable bonds is 5. The Balaban J connectivity index is 1.53. The van der Waals surface area contributed by atoms with Gasteiger partial charge in [0.2, 0.25) is 10.0 Å². The van der Waals surface area contributed by atoms with Crippen LogP contribution < -0.4 is 5.32 Å². The molecule has 1 saturated heterocycles. The molecule has 22 heavy (non-hydrogen) atoms. The summed E-state index contributed by atoms with van der Waals surface area (Å²) in [6, 6.07) is 0. The summed E-state index contributed by atoms with van der Waals surface area (Å²) in [4.78, 5) is 18.4. The molecule has 0 spiro atoms. The average molecular weight is 328 g/mol. The molecule has 0 unspecified atom stereocenters. The molecule has 0 aliphatic carbocycles. The van der Waals surface area contributed by atoms with E-state index in [2.05, 4.69) is 15.2 Å². The fourth-order valence-electron chi connectivity index (χ4n) is 2.75. The van der Waals surface area contributed by atoms with Crippen molar-refractivity contribution in [1.29, 1.82) is 0 Å². The predicted molar refractivity (Wildman–Crippen MR) is 78.6 cm³/mol. The fourth-order valence-corrected chi connectivity index (χ4v) is 3.46. The number of hydrogen-bond acceptors (Lipinski definition) is 6. The molecule has 3 heterocycles. The van der Waals surface area contributed by atoms with Crippen molar-refractivity contribution in [3.8, 4) is 0 Å². The second-order valence-electron chi connectivity index (χ2n) is 5.72. The number of carbonyl (C=O) groups excluding carboxylic acids is 1. The van der Waals surface area contributed by atoms with E-state index in [1.165, 1.54) is 17.1 Å². The number of hydrogen-bond donors (Lipinski definition) is 1.